The molecule has 7 rings (SSSR count). The average molecular weight is 655 g/mol. The van der Waals surface area contributed by atoms with Crippen molar-refractivity contribution >= 4 is 50.8 Å². The lowest BCUT2D eigenvalue weighted by atomic mass is 9.70. The Morgan fingerprint density at radius 2 is 2.00 bits per heavy atom. The fourth-order valence-electron chi connectivity index (χ4n) is 7.21. The first-order valence-corrected chi connectivity index (χ1v) is 16.5. The van der Waals surface area contributed by atoms with Gasteiger partial charge in [-0.25, -0.2) is 4.79 Å². The second-order valence-electron chi connectivity index (χ2n) is 13.0. The van der Waals surface area contributed by atoms with Gasteiger partial charge in [-0.1, -0.05) is 23.3 Å². The number of fused-ring (bicyclic) bond motifs is 6. The van der Waals surface area contributed by atoms with Crippen LogP contribution in [0.5, 0.6) is 0 Å². The third-order valence-corrected chi connectivity index (χ3v) is 9.64. The van der Waals surface area contributed by atoms with Gasteiger partial charge in [0, 0.05) is 77.4 Å². The highest BCUT2D eigenvalue weighted by Gasteiger charge is 2.33. The summed E-state index contributed by atoms with van der Waals surface area (Å²) in [5.74, 6) is 0.507. The summed E-state index contributed by atoms with van der Waals surface area (Å²) < 4.78 is 10.9. The van der Waals surface area contributed by atoms with Crippen LogP contribution in [0.1, 0.15) is 54.8 Å². The van der Waals surface area contributed by atoms with Gasteiger partial charge in [0.15, 0.2) is 0 Å². The van der Waals surface area contributed by atoms with Crippen molar-refractivity contribution in [2.24, 2.45) is 5.92 Å². The number of halogens is 1. The van der Waals surface area contributed by atoms with Crippen molar-refractivity contribution in [3.8, 4) is 0 Å². The number of anilines is 2. The first kappa shape index (κ1) is 31.1. The molecule has 3 heterocycles. The van der Waals surface area contributed by atoms with Crippen LogP contribution in [0.25, 0.3) is 21.9 Å². The zero-order valence-corrected chi connectivity index (χ0v) is 27.4. The molecule has 3 aliphatic rings. The molecule has 2 aromatic carbocycles. The van der Waals surface area contributed by atoms with Crippen LogP contribution in [0.3, 0.4) is 0 Å². The standard InChI is InChI=1S/C36H39ClN6O4/c1-42(2)27-7-9-28-23(16-34(45)47-32(28)18-27)15-33(44)46-20-26-19-43(41-40-26)10-4-3-5-21-11-22-13-24(12-21)35-31(14-22)39-30-17-25(37)6-8-29(30)36(35)38/h6-9,11,16-19,22,24,40-41H,3-5,10,12-15,20H2,1-2H3,(H2,38,39). The number of esters is 1. The van der Waals surface area contributed by atoms with Gasteiger partial charge in [-0.05, 0) is 86.3 Å². The smallest absolute Gasteiger partial charge is 0.336 e. The maximum Gasteiger partial charge on any atom is 0.336 e. The lowest BCUT2D eigenvalue weighted by Crippen LogP contribution is -2.37. The van der Waals surface area contributed by atoms with E-state index in [1.54, 1.807) is 6.07 Å². The molecule has 11 heteroatoms. The van der Waals surface area contributed by atoms with Gasteiger partial charge in [0.25, 0.3) is 0 Å². The number of unbranched alkanes of at least 4 members (excludes halogenated alkanes) is 1. The number of hydrogen-bond donors (Lipinski definition) is 3. The van der Waals surface area contributed by atoms with Crippen molar-refractivity contribution in [3.05, 3.63) is 98.3 Å². The molecule has 2 aliphatic carbocycles. The van der Waals surface area contributed by atoms with Gasteiger partial charge in [-0.15, -0.1) is 5.53 Å². The highest BCUT2D eigenvalue weighted by Crippen LogP contribution is 2.47. The van der Waals surface area contributed by atoms with Crippen molar-refractivity contribution in [2.45, 2.75) is 50.9 Å². The predicted molar refractivity (Wildman–Crippen MR) is 185 cm³/mol. The summed E-state index contributed by atoms with van der Waals surface area (Å²) in [7, 11) is 3.82. The van der Waals surface area contributed by atoms with Gasteiger partial charge in [0.2, 0.25) is 0 Å². The minimum Gasteiger partial charge on any atom is -0.459 e. The Morgan fingerprint density at radius 3 is 2.85 bits per heavy atom. The molecule has 244 valence electrons. The minimum atomic E-state index is -0.494. The molecular formula is C36H39ClN6O4. The van der Waals surface area contributed by atoms with Gasteiger partial charge in [0.1, 0.15) is 12.2 Å². The van der Waals surface area contributed by atoms with Crippen LogP contribution in [0.2, 0.25) is 5.02 Å². The number of aromatic nitrogens is 1. The van der Waals surface area contributed by atoms with E-state index in [-0.39, 0.29) is 13.0 Å². The number of rotatable bonds is 10. The maximum atomic E-state index is 12.7. The Labute approximate surface area is 278 Å². The second kappa shape index (κ2) is 12.9. The molecular weight excluding hydrogens is 616 g/mol. The van der Waals surface area contributed by atoms with Gasteiger partial charge >= 0.3 is 11.6 Å². The molecule has 2 atom stereocenters. The Balaban J connectivity index is 0.881. The van der Waals surface area contributed by atoms with Gasteiger partial charge in [-0.3, -0.25) is 14.8 Å². The van der Waals surface area contributed by atoms with Gasteiger partial charge < -0.3 is 25.2 Å². The highest BCUT2D eigenvalue weighted by molar-refractivity contribution is 6.31. The monoisotopic (exact) mass is 654 g/mol. The number of carbonyl (C=O) groups excluding carboxylic acids is 1. The number of hydrazine groups is 2. The summed E-state index contributed by atoms with van der Waals surface area (Å²) in [4.78, 5) is 31.7. The Hall–Kier alpha value is -4.54. The Kier molecular flexibility index (Phi) is 8.55. The fourth-order valence-corrected chi connectivity index (χ4v) is 7.37. The third-order valence-electron chi connectivity index (χ3n) is 9.41. The number of nitrogens with zero attached hydrogens (tertiary/aromatic N) is 3. The van der Waals surface area contributed by atoms with Crippen LogP contribution < -0.4 is 27.2 Å². The number of hydrogen-bond acceptors (Lipinski definition) is 10. The number of pyridine rings is 1. The predicted octanol–water partition coefficient (Wildman–Crippen LogP) is 5.74. The molecule has 2 unspecified atom stereocenters. The second-order valence-corrected chi connectivity index (χ2v) is 13.5. The van der Waals surface area contributed by atoms with E-state index >= 15 is 0 Å². The van der Waals surface area contributed by atoms with Crippen LogP contribution in [-0.4, -0.2) is 43.2 Å². The fraction of sp³-hybridized carbons (Fsp3) is 0.361. The Morgan fingerprint density at radius 1 is 1.15 bits per heavy atom. The molecule has 0 spiro atoms. The van der Waals surface area contributed by atoms with E-state index < -0.39 is 11.6 Å². The molecule has 1 aliphatic heterocycles. The topological polar surface area (TPSA) is 126 Å². The van der Waals surface area contributed by atoms with Gasteiger partial charge in [0.05, 0.1) is 17.6 Å². The van der Waals surface area contributed by atoms with Crippen molar-refractivity contribution in [3.63, 3.8) is 0 Å². The van der Waals surface area contributed by atoms with E-state index in [1.807, 2.05) is 60.5 Å². The molecule has 0 saturated heterocycles. The van der Waals surface area contributed by atoms with Crippen LogP contribution >= 0.6 is 11.6 Å². The summed E-state index contributed by atoms with van der Waals surface area (Å²) in [6.45, 7) is 0.920. The van der Waals surface area contributed by atoms with Crippen molar-refractivity contribution in [1.82, 2.24) is 21.0 Å². The van der Waals surface area contributed by atoms with E-state index in [9.17, 15) is 9.59 Å². The quantitative estimate of drug-likeness (QED) is 0.0843. The molecule has 0 saturated carbocycles. The van der Waals surface area contributed by atoms with E-state index in [1.165, 1.54) is 17.2 Å². The molecule has 2 aromatic heterocycles. The van der Waals surface area contributed by atoms with Crippen LogP contribution in [0.4, 0.5) is 11.4 Å². The van der Waals surface area contributed by atoms with Crippen LogP contribution in [0.15, 0.2) is 75.2 Å². The van der Waals surface area contributed by atoms with E-state index in [0.29, 0.717) is 28.0 Å². The highest BCUT2D eigenvalue weighted by atomic mass is 35.5. The molecule has 10 nitrogen and oxygen atoms in total. The molecule has 47 heavy (non-hydrogen) atoms. The Bertz CT molecular complexity index is 1990. The average Bonchev–Trinajstić information content (AvgIpc) is 3.49. The van der Waals surface area contributed by atoms with Crippen molar-refractivity contribution < 1.29 is 13.9 Å². The number of carbonyl (C=O) groups is 1. The number of nitrogens with one attached hydrogen (secondary N) is 2. The van der Waals surface area contributed by atoms with Crippen molar-refractivity contribution in [1.29, 1.82) is 0 Å². The number of nitrogen functional groups attached to an aromatic ring is 1. The summed E-state index contributed by atoms with van der Waals surface area (Å²) in [6.07, 6.45) is 10.6. The summed E-state index contributed by atoms with van der Waals surface area (Å²) in [5, 5.41) is 4.37. The van der Waals surface area contributed by atoms with Crippen molar-refractivity contribution in [2.75, 3.05) is 37.9 Å². The lowest BCUT2D eigenvalue weighted by molar-refractivity contribution is -0.141. The molecule has 0 amide bonds. The maximum absolute atomic E-state index is 12.7. The summed E-state index contributed by atoms with van der Waals surface area (Å²) >= 11 is 6.22. The van der Waals surface area contributed by atoms with Gasteiger partial charge in [-0.2, -0.15) is 0 Å². The zero-order valence-electron chi connectivity index (χ0n) is 26.6. The SMILES string of the molecule is CN(C)c1ccc2c(CC(=O)OCC3=CN(CCCCC4=CC5Cc6nc7cc(Cl)ccc7c(N)c6C(C4)C5)NN3)cc(=O)oc2c1. The van der Waals surface area contributed by atoms with E-state index in [0.717, 1.165) is 84.1 Å². The molecule has 4 N–H and O–H groups in total. The minimum absolute atomic E-state index is 0.0223. The van der Waals surface area contributed by atoms with E-state index in [2.05, 4.69) is 17.0 Å². The largest absolute Gasteiger partial charge is 0.459 e. The van der Waals surface area contributed by atoms with Crippen LogP contribution in [0, 0.1) is 5.92 Å². The first-order valence-electron chi connectivity index (χ1n) is 16.2. The zero-order chi connectivity index (χ0) is 32.7. The molecule has 0 radical (unpaired) electrons. The first-order chi connectivity index (χ1) is 22.7. The number of ether oxygens (including phenoxy) is 1. The summed E-state index contributed by atoms with van der Waals surface area (Å²) in [5.41, 5.74) is 20.8. The normalized spacial score (nSPS) is 18.5. The molecule has 2 bridgehead atoms. The number of benzene rings is 2. The number of nitrogens with two attached hydrogens (primary N) is 1. The van der Waals surface area contributed by atoms with Crippen LogP contribution in [-0.2, 0) is 22.4 Å². The molecule has 4 aromatic rings. The summed E-state index contributed by atoms with van der Waals surface area (Å²) in [6, 6.07) is 12.7. The lowest BCUT2D eigenvalue weighted by Gasteiger charge is -2.36. The number of allylic oxidation sites excluding steroid dienone is 2. The van der Waals surface area contributed by atoms with E-state index in [4.69, 9.17) is 31.5 Å². The molecule has 0 fully saturated rings. The third kappa shape index (κ3) is 6.66.